The quantitative estimate of drug-likeness (QED) is 0.351. The first-order valence-electron chi connectivity index (χ1n) is 6.35. The van der Waals surface area contributed by atoms with Crippen molar-refractivity contribution in [3.63, 3.8) is 0 Å². The average Bonchev–Trinajstić information content (AvgIpc) is 2.24. The van der Waals surface area contributed by atoms with Crippen LogP contribution in [0.4, 0.5) is 0 Å². The number of unbranched alkanes of at least 4 members (excludes halogenated alkanes) is 5. The summed E-state index contributed by atoms with van der Waals surface area (Å²) < 4.78 is 0. The van der Waals surface area contributed by atoms with E-state index in [1.807, 2.05) is 0 Å². The zero-order chi connectivity index (χ0) is 11.4. The fourth-order valence-electron chi connectivity index (χ4n) is 1.39. The summed E-state index contributed by atoms with van der Waals surface area (Å²) in [4.78, 5) is 4.26. The molecular weight excluding hydrogens is 186 g/mol. The molecule has 0 aromatic rings. The molecule has 0 unspecified atom stereocenters. The maximum absolute atomic E-state index is 5.71. The molecule has 0 aliphatic carbocycles. The maximum Gasteiger partial charge on any atom is 0.188 e. The van der Waals surface area contributed by atoms with E-state index in [1.54, 1.807) is 0 Å². The van der Waals surface area contributed by atoms with Gasteiger partial charge in [0.1, 0.15) is 0 Å². The van der Waals surface area contributed by atoms with Crippen molar-refractivity contribution in [1.29, 1.82) is 0 Å². The summed E-state index contributed by atoms with van der Waals surface area (Å²) >= 11 is 0. The molecule has 3 heteroatoms. The molecule has 90 valence electrons. The molecule has 0 aliphatic heterocycles. The molecule has 0 saturated heterocycles. The Kier molecular flexibility index (Phi) is 10.8. The summed E-state index contributed by atoms with van der Waals surface area (Å²) in [5.74, 6) is 0.614. The van der Waals surface area contributed by atoms with E-state index < -0.39 is 0 Å². The van der Waals surface area contributed by atoms with Crippen molar-refractivity contribution < 1.29 is 0 Å². The number of rotatable bonds is 9. The lowest BCUT2D eigenvalue weighted by molar-refractivity contribution is 0.651. The van der Waals surface area contributed by atoms with Gasteiger partial charge in [-0.1, -0.05) is 46.0 Å². The second-order valence-corrected chi connectivity index (χ2v) is 3.96. The second-order valence-electron chi connectivity index (χ2n) is 3.96. The molecule has 3 nitrogen and oxygen atoms in total. The summed E-state index contributed by atoms with van der Waals surface area (Å²) in [5, 5.41) is 3.15. The molecule has 0 aromatic heterocycles. The van der Waals surface area contributed by atoms with Crippen molar-refractivity contribution in [3.05, 3.63) is 0 Å². The van der Waals surface area contributed by atoms with Gasteiger partial charge in [-0.3, -0.25) is 4.99 Å². The average molecular weight is 213 g/mol. The van der Waals surface area contributed by atoms with Gasteiger partial charge in [0.15, 0.2) is 5.96 Å². The van der Waals surface area contributed by atoms with Crippen LogP contribution < -0.4 is 11.1 Å². The van der Waals surface area contributed by atoms with Gasteiger partial charge in [-0.05, 0) is 12.8 Å². The smallest absolute Gasteiger partial charge is 0.188 e. The largest absolute Gasteiger partial charge is 0.370 e. The minimum Gasteiger partial charge on any atom is -0.370 e. The van der Waals surface area contributed by atoms with Crippen molar-refractivity contribution in [2.75, 3.05) is 13.1 Å². The van der Waals surface area contributed by atoms with E-state index in [0.29, 0.717) is 5.96 Å². The highest BCUT2D eigenvalue weighted by Gasteiger charge is 1.91. The Labute approximate surface area is 94.5 Å². The Morgan fingerprint density at radius 1 is 1.00 bits per heavy atom. The molecule has 0 bridgehead atoms. The van der Waals surface area contributed by atoms with Crippen LogP contribution in [0.15, 0.2) is 4.99 Å². The van der Waals surface area contributed by atoms with Gasteiger partial charge in [-0.25, -0.2) is 0 Å². The summed E-state index contributed by atoms with van der Waals surface area (Å²) in [6.07, 6.45) is 8.70. The van der Waals surface area contributed by atoms with Gasteiger partial charge in [0.2, 0.25) is 0 Å². The van der Waals surface area contributed by atoms with Crippen LogP contribution in [0.1, 0.15) is 58.8 Å². The molecule has 0 amide bonds. The van der Waals surface area contributed by atoms with E-state index in [0.717, 1.165) is 19.5 Å². The molecule has 0 radical (unpaired) electrons. The van der Waals surface area contributed by atoms with Crippen LogP contribution in [0.5, 0.6) is 0 Å². The highest BCUT2D eigenvalue weighted by Crippen LogP contribution is 1.97. The lowest BCUT2D eigenvalue weighted by Gasteiger charge is -2.04. The zero-order valence-corrected chi connectivity index (χ0v) is 10.4. The molecule has 15 heavy (non-hydrogen) atoms. The standard InChI is InChI=1S/C12H27N3/c1-3-5-7-9-11-15-12(13)14-10-8-6-4-2/h3-11H2,1-2H3,(H3,13,14,15). The fraction of sp³-hybridized carbons (Fsp3) is 0.917. The van der Waals surface area contributed by atoms with Crippen molar-refractivity contribution in [1.82, 2.24) is 5.32 Å². The molecule has 3 N–H and O–H groups in total. The summed E-state index contributed by atoms with van der Waals surface area (Å²) in [6.45, 7) is 6.24. The van der Waals surface area contributed by atoms with Gasteiger partial charge in [0.25, 0.3) is 0 Å². The predicted octanol–water partition coefficient (Wildman–Crippen LogP) is 2.66. The molecular formula is C12H27N3. The SMILES string of the molecule is CCCCCCNC(N)=NCCCCC. The number of guanidine groups is 1. The number of nitrogens with two attached hydrogens (primary N) is 1. The minimum absolute atomic E-state index is 0.614. The Morgan fingerprint density at radius 3 is 2.33 bits per heavy atom. The Morgan fingerprint density at radius 2 is 1.67 bits per heavy atom. The number of hydrogen-bond acceptors (Lipinski definition) is 1. The number of nitrogens with zero attached hydrogens (tertiary/aromatic N) is 1. The van der Waals surface area contributed by atoms with Gasteiger partial charge < -0.3 is 11.1 Å². The van der Waals surface area contributed by atoms with Gasteiger partial charge >= 0.3 is 0 Å². The van der Waals surface area contributed by atoms with E-state index >= 15 is 0 Å². The first-order chi connectivity index (χ1) is 7.31. The zero-order valence-electron chi connectivity index (χ0n) is 10.4. The fourth-order valence-corrected chi connectivity index (χ4v) is 1.39. The lowest BCUT2D eigenvalue weighted by Crippen LogP contribution is -2.32. The highest BCUT2D eigenvalue weighted by molar-refractivity contribution is 5.77. The lowest BCUT2D eigenvalue weighted by atomic mass is 10.2. The third kappa shape index (κ3) is 11.2. The Hall–Kier alpha value is -0.730. The van der Waals surface area contributed by atoms with Crippen molar-refractivity contribution in [3.8, 4) is 0 Å². The highest BCUT2D eigenvalue weighted by atomic mass is 15.1. The molecule has 0 rings (SSSR count). The summed E-state index contributed by atoms with van der Waals surface area (Å²) in [6, 6.07) is 0. The van der Waals surface area contributed by atoms with E-state index in [-0.39, 0.29) is 0 Å². The predicted molar refractivity (Wildman–Crippen MR) is 68.2 cm³/mol. The van der Waals surface area contributed by atoms with Crippen LogP contribution >= 0.6 is 0 Å². The minimum atomic E-state index is 0.614. The third-order valence-electron chi connectivity index (χ3n) is 2.38. The van der Waals surface area contributed by atoms with Crippen LogP contribution in [0.2, 0.25) is 0 Å². The summed E-state index contributed by atoms with van der Waals surface area (Å²) in [5.41, 5.74) is 5.71. The number of hydrogen-bond donors (Lipinski definition) is 2. The molecule has 0 heterocycles. The monoisotopic (exact) mass is 213 g/mol. The maximum atomic E-state index is 5.71. The second kappa shape index (κ2) is 11.3. The van der Waals surface area contributed by atoms with Gasteiger partial charge in [0, 0.05) is 13.1 Å². The molecule has 0 fully saturated rings. The van der Waals surface area contributed by atoms with Crippen molar-refractivity contribution in [2.45, 2.75) is 58.8 Å². The molecule has 0 aromatic carbocycles. The van der Waals surface area contributed by atoms with Crippen LogP contribution in [-0.4, -0.2) is 19.0 Å². The molecule has 0 aliphatic rings. The first-order valence-corrected chi connectivity index (χ1v) is 6.35. The van der Waals surface area contributed by atoms with E-state index in [1.165, 1.54) is 38.5 Å². The van der Waals surface area contributed by atoms with Gasteiger partial charge in [-0.15, -0.1) is 0 Å². The van der Waals surface area contributed by atoms with Crippen LogP contribution in [0.3, 0.4) is 0 Å². The normalized spacial score (nSPS) is 11.7. The topological polar surface area (TPSA) is 50.4 Å². The van der Waals surface area contributed by atoms with Crippen LogP contribution in [0, 0.1) is 0 Å². The first kappa shape index (κ1) is 14.3. The van der Waals surface area contributed by atoms with Crippen molar-refractivity contribution in [2.24, 2.45) is 10.7 Å². The summed E-state index contributed by atoms with van der Waals surface area (Å²) in [7, 11) is 0. The van der Waals surface area contributed by atoms with Gasteiger partial charge in [0.05, 0.1) is 0 Å². The van der Waals surface area contributed by atoms with Crippen molar-refractivity contribution >= 4 is 5.96 Å². The van der Waals surface area contributed by atoms with Gasteiger partial charge in [-0.2, -0.15) is 0 Å². The van der Waals surface area contributed by atoms with E-state index in [2.05, 4.69) is 24.2 Å². The molecule has 0 spiro atoms. The Bertz CT molecular complexity index is 155. The van der Waals surface area contributed by atoms with Crippen LogP contribution in [-0.2, 0) is 0 Å². The molecule has 0 atom stereocenters. The molecule has 0 saturated carbocycles. The number of nitrogens with one attached hydrogen (secondary N) is 1. The van der Waals surface area contributed by atoms with E-state index in [9.17, 15) is 0 Å². The van der Waals surface area contributed by atoms with Crippen LogP contribution in [0.25, 0.3) is 0 Å². The van der Waals surface area contributed by atoms with E-state index in [4.69, 9.17) is 5.73 Å². The third-order valence-corrected chi connectivity index (χ3v) is 2.38. The number of aliphatic imine (C=N–C) groups is 1. The Balaban J connectivity index is 3.26.